The molecule has 0 aliphatic carbocycles. The first-order chi connectivity index (χ1) is 7.40. The highest BCUT2D eigenvalue weighted by molar-refractivity contribution is 5.76. The Morgan fingerprint density at radius 3 is 3.13 bits per heavy atom. The zero-order valence-corrected chi connectivity index (χ0v) is 9.11. The maximum atomic E-state index is 4.77. The zero-order chi connectivity index (χ0) is 10.3. The van der Waals surface area contributed by atoms with E-state index in [0.29, 0.717) is 5.92 Å². The van der Waals surface area contributed by atoms with Crippen molar-refractivity contribution in [2.75, 3.05) is 0 Å². The molecule has 2 heteroatoms. The van der Waals surface area contributed by atoms with Gasteiger partial charge in [-0.3, -0.25) is 0 Å². The van der Waals surface area contributed by atoms with Gasteiger partial charge >= 0.3 is 0 Å². The maximum Gasteiger partial charge on any atom is 0.112 e. The summed E-state index contributed by atoms with van der Waals surface area (Å²) >= 11 is 0. The minimum Gasteiger partial charge on any atom is -0.328 e. The highest BCUT2D eigenvalue weighted by Gasteiger charge is 2.22. The molecule has 1 aliphatic heterocycles. The molecule has 1 aliphatic rings. The van der Waals surface area contributed by atoms with Gasteiger partial charge in [0.25, 0.3) is 0 Å². The largest absolute Gasteiger partial charge is 0.328 e. The summed E-state index contributed by atoms with van der Waals surface area (Å²) in [7, 11) is 0. The zero-order valence-electron chi connectivity index (χ0n) is 9.11. The molecule has 0 spiro atoms. The summed E-state index contributed by atoms with van der Waals surface area (Å²) in [6.45, 7) is 3.41. The molecule has 3 rings (SSSR count). The molecule has 78 valence electrons. The Bertz CT molecular complexity index is 484. The Labute approximate surface area is 89.9 Å². The van der Waals surface area contributed by atoms with Crippen molar-refractivity contribution < 1.29 is 0 Å². The van der Waals surface area contributed by atoms with Gasteiger partial charge < -0.3 is 4.57 Å². The van der Waals surface area contributed by atoms with Crippen molar-refractivity contribution in [1.82, 2.24) is 9.55 Å². The molecule has 1 aromatic carbocycles. The molecule has 0 N–H and O–H groups in total. The molecular formula is C13H16N2. The van der Waals surface area contributed by atoms with Gasteiger partial charge in [0.05, 0.1) is 11.0 Å². The second-order valence-electron chi connectivity index (χ2n) is 4.36. The van der Waals surface area contributed by atoms with Gasteiger partial charge in [-0.15, -0.1) is 0 Å². The van der Waals surface area contributed by atoms with E-state index in [-0.39, 0.29) is 0 Å². The van der Waals surface area contributed by atoms with Gasteiger partial charge in [-0.05, 0) is 31.4 Å². The molecule has 1 unspecified atom stereocenters. The first-order valence-corrected chi connectivity index (χ1v) is 5.85. The van der Waals surface area contributed by atoms with Crippen molar-refractivity contribution >= 4 is 11.0 Å². The molecule has 15 heavy (non-hydrogen) atoms. The van der Waals surface area contributed by atoms with Crippen LogP contribution >= 0.6 is 0 Å². The van der Waals surface area contributed by atoms with E-state index in [1.807, 2.05) is 0 Å². The number of aromatic nitrogens is 2. The van der Waals surface area contributed by atoms with Crippen LogP contribution in [0, 0.1) is 0 Å². The maximum absolute atomic E-state index is 4.77. The Morgan fingerprint density at radius 1 is 1.40 bits per heavy atom. The van der Waals surface area contributed by atoms with E-state index in [4.69, 9.17) is 4.98 Å². The molecule has 2 nitrogen and oxygen atoms in total. The van der Waals surface area contributed by atoms with Gasteiger partial charge in [0, 0.05) is 12.5 Å². The van der Waals surface area contributed by atoms with Gasteiger partial charge in [0.2, 0.25) is 0 Å². The fourth-order valence-corrected chi connectivity index (χ4v) is 2.65. The van der Waals surface area contributed by atoms with E-state index in [0.717, 1.165) is 12.1 Å². The molecule has 0 fully saturated rings. The number of rotatable bonds is 1. The molecule has 0 amide bonds. The van der Waals surface area contributed by atoms with Crippen LogP contribution in [0.4, 0.5) is 0 Å². The number of imidazole rings is 1. The van der Waals surface area contributed by atoms with Crippen molar-refractivity contribution in [3.8, 4) is 0 Å². The Kier molecular flexibility index (Phi) is 2.01. The van der Waals surface area contributed by atoms with Crippen LogP contribution in [-0.2, 0) is 6.54 Å². The van der Waals surface area contributed by atoms with E-state index in [1.165, 1.54) is 30.6 Å². The van der Waals surface area contributed by atoms with Crippen LogP contribution < -0.4 is 0 Å². The van der Waals surface area contributed by atoms with E-state index in [1.54, 1.807) is 0 Å². The lowest BCUT2D eigenvalue weighted by molar-refractivity contribution is 0.441. The molecule has 1 atom stereocenters. The van der Waals surface area contributed by atoms with Crippen LogP contribution in [0.25, 0.3) is 11.0 Å². The summed E-state index contributed by atoms with van der Waals surface area (Å²) in [5, 5.41) is 0. The fraction of sp³-hybridized carbons (Fsp3) is 0.462. The van der Waals surface area contributed by atoms with Crippen LogP contribution in [0.1, 0.15) is 37.9 Å². The number of benzene rings is 1. The number of fused-ring (bicyclic) bond motifs is 3. The summed E-state index contributed by atoms with van der Waals surface area (Å²) < 4.78 is 2.41. The molecule has 0 radical (unpaired) electrons. The number of para-hydroxylation sites is 2. The third kappa shape index (κ3) is 1.28. The molecular weight excluding hydrogens is 184 g/mol. The van der Waals surface area contributed by atoms with Gasteiger partial charge in [0.15, 0.2) is 0 Å². The fourth-order valence-electron chi connectivity index (χ4n) is 2.65. The standard InChI is InChI=1S/C13H16N2/c1-2-10-6-5-9-15-12-8-4-3-7-11(12)14-13(10)15/h3-4,7-8,10H,2,5-6,9H2,1H3. The predicted octanol–water partition coefficient (Wildman–Crippen LogP) is 3.32. The van der Waals surface area contributed by atoms with Crippen molar-refractivity contribution in [2.24, 2.45) is 0 Å². The lowest BCUT2D eigenvalue weighted by atomic mass is 9.96. The number of aryl methyl sites for hydroxylation is 1. The first-order valence-electron chi connectivity index (χ1n) is 5.85. The van der Waals surface area contributed by atoms with Crippen LogP contribution in [0.2, 0.25) is 0 Å². The van der Waals surface area contributed by atoms with Crippen LogP contribution in [0.5, 0.6) is 0 Å². The van der Waals surface area contributed by atoms with Crippen molar-refractivity contribution in [1.29, 1.82) is 0 Å². The van der Waals surface area contributed by atoms with Gasteiger partial charge in [-0.2, -0.15) is 0 Å². The Balaban J connectivity index is 2.24. The monoisotopic (exact) mass is 200 g/mol. The van der Waals surface area contributed by atoms with Crippen molar-refractivity contribution in [3.63, 3.8) is 0 Å². The second kappa shape index (κ2) is 3.37. The number of nitrogens with zero attached hydrogens (tertiary/aromatic N) is 2. The molecule has 1 aromatic heterocycles. The summed E-state index contributed by atoms with van der Waals surface area (Å²) in [6, 6.07) is 8.48. The average Bonchev–Trinajstić information content (AvgIpc) is 2.67. The molecule has 0 bridgehead atoms. The number of hydrogen-bond acceptors (Lipinski definition) is 1. The molecule has 2 heterocycles. The summed E-state index contributed by atoms with van der Waals surface area (Å²) in [5.41, 5.74) is 2.47. The van der Waals surface area contributed by atoms with E-state index in [9.17, 15) is 0 Å². The third-order valence-electron chi connectivity index (χ3n) is 3.48. The van der Waals surface area contributed by atoms with Gasteiger partial charge in [-0.1, -0.05) is 19.1 Å². The average molecular weight is 200 g/mol. The van der Waals surface area contributed by atoms with Crippen LogP contribution in [0.3, 0.4) is 0 Å². The summed E-state index contributed by atoms with van der Waals surface area (Å²) in [4.78, 5) is 4.77. The summed E-state index contributed by atoms with van der Waals surface area (Å²) in [5.74, 6) is 1.98. The first kappa shape index (κ1) is 8.96. The Morgan fingerprint density at radius 2 is 2.27 bits per heavy atom. The van der Waals surface area contributed by atoms with Gasteiger partial charge in [0.1, 0.15) is 5.82 Å². The topological polar surface area (TPSA) is 17.8 Å². The third-order valence-corrected chi connectivity index (χ3v) is 3.48. The quantitative estimate of drug-likeness (QED) is 0.690. The van der Waals surface area contributed by atoms with Crippen LogP contribution in [0.15, 0.2) is 24.3 Å². The van der Waals surface area contributed by atoms with E-state index >= 15 is 0 Å². The predicted molar refractivity (Wildman–Crippen MR) is 62.0 cm³/mol. The normalized spacial score (nSPS) is 20.5. The summed E-state index contributed by atoms with van der Waals surface area (Å²) in [6.07, 6.45) is 3.81. The SMILES string of the molecule is CCC1CCCn2c1nc1ccccc12. The smallest absolute Gasteiger partial charge is 0.112 e. The van der Waals surface area contributed by atoms with Crippen molar-refractivity contribution in [3.05, 3.63) is 30.1 Å². The minimum absolute atomic E-state index is 0.672. The second-order valence-corrected chi connectivity index (χ2v) is 4.36. The van der Waals surface area contributed by atoms with E-state index in [2.05, 4.69) is 35.8 Å². The lowest BCUT2D eigenvalue weighted by Crippen LogP contribution is -2.15. The highest BCUT2D eigenvalue weighted by Crippen LogP contribution is 2.32. The lowest BCUT2D eigenvalue weighted by Gasteiger charge is -2.22. The Hall–Kier alpha value is -1.31. The van der Waals surface area contributed by atoms with Crippen molar-refractivity contribution in [2.45, 2.75) is 38.6 Å². The molecule has 2 aromatic rings. The van der Waals surface area contributed by atoms with E-state index < -0.39 is 0 Å². The minimum atomic E-state index is 0.672. The van der Waals surface area contributed by atoms with Crippen LogP contribution in [-0.4, -0.2) is 9.55 Å². The molecule has 0 saturated heterocycles. The highest BCUT2D eigenvalue weighted by atomic mass is 15.1. The molecule has 0 saturated carbocycles. The van der Waals surface area contributed by atoms with Gasteiger partial charge in [-0.25, -0.2) is 4.98 Å². The number of hydrogen-bond donors (Lipinski definition) is 0.